The molecule has 1 saturated heterocycles. The Morgan fingerprint density at radius 2 is 2.35 bits per heavy atom. The second kappa shape index (κ2) is 5.73. The molecule has 0 spiro atoms. The molecule has 4 nitrogen and oxygen atoms in total. The molecule has 1 atom stereocenters. The lowest BCUT2D eigenvalue weighted by atomic mass is 10.2. The molecule has 2 heterocycles. The van der Waals surface area contributed by atoms with Gasteiger partial charge in [-0.2, -0.15) is 0 Å². The first-order valence-corrected chi connectivity index (χ1v) is 6.75. The van der Waals surface area contributed by atoms with Crippen LogP contribution in [0.4, 0.5) is 4.39 Å². The average molecular weight is 276 g/mol. The summed E-state index contributed by atoms with van der Waals surface area (Å²) in [7, 11) is 0. The van der Waals surface area contributed by atoms with Crippen LogP contribution in [0.5, 0.6) is 0 Å². The number of nitrogens with zero attached hydrogens (tertiary/aromatic N) is 2. The highest BCUT2D eigenvalue weighted by molar-refractivity contribution is 5.52. The van der Waals surface area contributed by atoms with Crippen LogP contribution >= 0.6 is 0 Å². The first-order valence-electron chi connectivity index (χ1n) is 6.75. The Morgan fingerprint density at radius 3 is 3.15 bits per heavy atom. The van der Waals surface area contributed by atoms with Gasteiger partial charge in [0.05, 0.1) is 18.4 Å². The molecule has 1 aromatic heterocycles. The summed E-state index contributed by atoms with van der Waals surface area (Å²) in [5.74, 6) is 0.171. The fourth-order valence-corrected chi connectivity index (χ4v) is 2.40. The van der Waals surface area contributed by atoms with E-state index in [-0.39, 0.29) is 11.9 Å². The Kier molecular flexibility index (Phi) is 3.80. The number of oxazole rings is 1. The molecule has 1 aromatic carbocycles. The van der Waals surface area contributed by atoms with Crippen LogP contribution in [0, 0.1) is 5.82 Å². The number of hydrogen-bond acceptors (Lipinski definition) is 4. The van der Waals surface area contributed by atoms with Crippen molar-refractivity contribution in [3.8, 4) is 11.5 Å². The number of halogens is 1. The van der Waals surface area contributed by atoms with Crippen molar-refractivity contribution in [1.82, 2.24) is 9.88 Å². The Bertz CT molecular complexity index is 585. The molecule has 20 heavy (non-hydrogen) atoms. The van der Waals surface area contributed by atoms with Crippen LogP contribution in [0.1, 0.15) is 12.6 Å². The van der Waals surface area contributed by atoms with Gasteiger partial charge in [-0.15, -0.1) is 0 Å². The third-order valence-corrected chi connectivity index (χ3v) is 3.33. The van der Waals surface area contributed by atoms with Gasteiger partial charge in [0, 0.05) is 25.2 Å². The van der Waals surface area contributed by atoms with Crippen molar-refractivity contribution in [1.29, 1.82) is 0 Å². The van der Waals surface area contributed by atoms with E-state index in [4.69, 9.17) is 9.15 Å². The van der Waals surface area contributed by atoms with Gasteiger partial charge in [0.15, 0.2) is 0 Å². The van der Waals surface area contributed by atoms with Crippen molar-refractivity contribution in [3.63, 3.8) is 0 Å². The van der Waals surface area contributed by atoms with E-state index in [1.165, 1.54) is 12.1 Å². The predicted molar refractivity (Wildman–Crippen MR) is 72.6 cm³/mol. The molecule has 0 bridgehead atoms. The number of benzene rings is 1. The highest BCUT2D eigenvalue weighted by Crippen LogP contribution is 2.20. The number of hydrogen-bond donors (Lipinski definition) is 0. The molecular weight excluding hydrogens is 259 g/mol. The van der Waals surface area contributed by atoms with Crippen molar-refractivity contribution in [2.24, 2.45) is 0 Å². The molecule has 0 aliphatic carbocycles. The third kappa shape index (κ3) is 3.05. The molecule has 106 valence electrons. The zero-order chi connectivity index (χ0) is 13.9. The van der Waals surface area contributed by atoms with Crippen LogP contribution in [-0.2, 0) is 11.3 Å². The number of morpholine rings is 1. The Hall–Kier alpha value is -1.72. The third-order valence-electron chi connectivity index (χ3n) is 3.33. The van der Waals surface area contributed by atoms with Crippen LogP contribution in [0.3, 0.4) is 0 Å². The number of aromatic nitrogens is 1. The van der Waals surface area contributed by atoms with Gasteiger partial charge in [0.2, 0.25) is 5.89 Å². The first-order chi connectivity index (χ1) is 9.70. The zero-order valence-electron chi connectivity index (χ0n) is 11.4. The van der Waals surface area contributed by atoms with Crippen molar-refractivity contribution in [2.45, 2.75) is 19.6 Å². The molecule has 0 unspecified atom stereocenters. The van der Waals surface area contributed by atoms with Crippen molar-refractivity contribution < 1.29 is 13.5 Å². The van der Waals surface area contributed by atoms with Gasteiger partial charge >= 0.3 is 0 Å². The standard InChI is InChI=1S/C15H17FN2O2/c1-11-8-18(5-6-19-11)9-14-10-20-15(17-14)12-3-2-4-13(16)7-12/h2-4,7,10-11H,5-6,8-9H2,1H3/t11-/m0/s1. The van der Waals surface area contributed by atoms with E-state index in [2.05, 4.69) is 16.8 Å². The summed E-state index contributed by atoms with van der Waals surface area (Å²) in [5.41, 5.74) is 1.52. The van der Waals surface area contributed by atoms with E-state index >= 15 is 0 Å². The molecule has 3 rings (SSSR count). The summed E-state index contributed by atoms with van der Waals surface area (Å²) >= 11 is 0. The Morgan fingerprint density at radius 1 is 1.45 bits per heavy atom. The molecule has 5 heteroatoms. The van der Waals surface area contributed by atoms with Crippen molar-refractivity contribution in [3.05, 3.63) is 42.0 Å². The van der Waals surface area contributed by atoms with Crippen LogP contribution in [0.15, 0.2) is 34.9 Å². The highest BCUT2D eigenvalue weighted by Gasteiger charge is 2.18. The second-order valence-electron chi connectivity index (χ2n) is 5.07. The number of rotatable bonds is 3. The normalized spacial score (nSPS) is 20.2. The molecule has 0 radical (unpaired) electrons. The lowest BCUT2D eigenvalue weighted by Crippen LogP contribution is -2.40. The van der Waals surface area contributed by atoms with Gasteiger partial charge in [-0.3, -0.25) is 4.90 Å². The van der Waals surface area contributed by atoms with E-state index in [1.54, 1.807) is 18.4 Å². The summed E-state index contributed by atoms with van der Waals surface area (Å²) in [6.45, 7) is 5.32. The molecular formula is C15H17FN2O2. The van der Waals surface area contributed by atoms with Crippen LogP contribution in [0.2, 0.25) is 0 Å². The molecule has 1 fully saturated rings. The summed E-state index contributed by atoms with van der Waals surface area (Å²) in [6, 6.07) is 6.27. The molecule has 0 amide bonds. The summed E-state index contributed by atoms with van der Waals surface area (Å²) in [4.78, 5) is 6.70. The molecule has 1 aliphatic heterocycles. The van der Waals surface area contributed by atoms with E-state index < -0.39 is 0 Å². The van der Waals surface area contributed by atoms with Gasteiger partial charge in [-0.25, -0.2) is 9.37 Å². The first kappa shape index (κ1) is 13.3. The van der Waals surface area contributed by atoms with E-state index in [9.17, 15) is 4.39 Å². The van der Waals surface area contributed by atoms with E-state index in [1.807, 2.05) is 0 Å². The topological polar surface area (TPSA) is 38.5 Å². The molecule has 0 N–H and O–H groups in total. The van der Waals surface area contributed by atoms with E-state index in [0.29, 0.717) is 11.5 Å². The fraction of sp³-hybridized carbons (Fsp3) is 0.400. The predicted octanol–water partition coefficient (Wildman–Crippen LogP) is 2.70. The zero-order valence-corrected chi connectivity index (χ0v) is 11.4. The van der Waals surface area contributed by atoms with Gasteiger partial charge in [0.1, 0.15) is 12.1 Å². The second-order valence-corrected chi connectivity index (χ2v) is 5.07. The van der Waals surface area contributed by atoms with Gasteiger partial charge < -0.3 is 9.15 Å². The fourth-order valence-electron chi connectivity index (χ4n) is 2.40. The summed E-state index contributed by atoms with van der Waals surface area (Å²) < 4.78 is 24.1. The number of ether oxygens (including phenoxy) is 1. The molecule has 0 saturated carbocycles. The molecule has 1 aliphatic rings. The summed E-state index contributed by atoms with van der Waals surface area (Å²) in [6.07, 6.45) is 1.89. The van der Waals surface area contributed by atoms with Crippen LogP contribution in [0.25, 0.3) is 11.5 Å². The van der Waals surface area contributed by atoms with Gasteiger partial charge in [-0.1, -0.05) is 6.07 Å². The largest absolute Gasteiger partial charge is 0.444 e. The Balaban J connectivity index is 1.70. The van der Waals surface area contributed by atoms with Crippen LogP contribution in [-0.4, -0.2) is 35.7 Å². The van der Waals surface area contributed by atoms with Crippen LogP contribution < -0.4 is 0 Å². The minimum absolute atomic E-state index is 0.248. The van der Waals surface area contributed by atoms with Gasteiger partial charge in [-0.05, 0) is 25.1 Å². The quantitative estimate of drug-likeness (QED) is 0.864. The lowest BCUT2D eigenvalue weighted by molar-refractivity contribution is -0.0215. The maximum Gasteiger partial charge on any atom is 0.226 e. The summed E-state index contributed by atoms with van der Waals surface area (Å²) in [5, 5.41) is 0. The van der Waals surface area contributed by atoms with E-state index in [0.717, 1.165) is 31.9 Å². The average Bonchev–Trinajstić information content (AvgIpc) is 2.87. The van der Waals surface area contributed by atoms with Gasteiger partial charge in [0.25, 0.3) is 0 Å². The van der Waals surface area contributed by atoms with Crippen molar-refractivity contribution in [2.75, 3.05) is 19.7 Å². The Labute approximate surface area is 117 Å². The maximum atomic E-state index is 13.2. The van der Waals surface area contributed by atoms with Crippen molar-refractivity contribution >= 4 is 0 Å². The highest BCUT2D eigenvalue weighted by atomic mass is 19.1. The minimum atomic E-state index is -0.288. The lowest BCUT2D eigenvalue weighted by Gasteiger charge is -2.30. The SMILES string of the molecule is C[C@H]1CN(Cc2coc(-c3cccc(F)c3)n2)CCO1. The maximum absolute atomic E-state index is 13.2. The smallest absolute Gasteiger partial charge is 0.226 e. The monoisotopic (exact) mass is 276 g/mol. The minimum Gasteiger partial charge on any atom is -0.444 e. The molecule has 2 aromatic rings.